The highest BCUT2D eigenvalue weighted by Gasteiger charge is 2.40. The second-order valence-corrected chi connectivity index (χ2v) is 9.56. The highest BCUT2D eigenvalue weighted by Crippen LogP contribution is 2.41. The molecule has 1 amide bonds. The van der Waals surface area contributed by atoms with Crippen molar-refractivity contribution in [1.29, 1.82) is 0 Å². The summed E-state index contributed by atoms with van der Waals surface area (Å²) in [5.41, 5.74) is 1.64. The minimum absolute atomic E-state index is 0.0795. The molecule has 5 rings (SSSR count). The first kappa shape index (κ1) is 20.9. The number of fused-ring (bicyclic) bond motifs is 1. The van der Waals surface area contributed by atoms with Crippen LogP contribution in [-0.2, 0) is 6.54 Å². The first-order valence-electron chi connectivity index (χ1n) is 11.1. The van der Waals surface area contributed by atoms with E-state index in [-0.39, 0.29) is 11.5 Å². The van der Waals surface area contributed by atoms with Crippen molar-refractivity contribution in [1.82, 2.24) is 4.90 Å². The molecule has 0 aliphatic carbocycles. The molecular weight excluding hydrogens is 420 g/mol. The second-order valence-electron chi connectivity index (χ2n) is 8.52. The number of carbonyl (C=O) groups excluding carboxylic acids is 1. The number of anilines is 1. The van der Waals surface area contributed by atoms with E-state index < -0.39 is 0 Å². The first-order valence-corrected chi connectivity index (χ1v) is 12.0. The van der Waals surface area contributed by atoms with Gasteiger partial charge in [0.25, 0.3) is 5.91 Å². The lowest BCUT2D eigenvalue weighted by Gasteiger charge is -2.41. The van der Waals surface area contributed by atoms with E-state index in [0.29, 0.717) is 18.7 Å². The van der Waals surface area contributed by atoms with Gasteiger partial charge in [-0.1, -0.05) is 18.2 Å². The Morgan fingerprint density at radius 1 is 1.00 bits per heavy atom. The van der Waals surface area contributed by atoms with Gasteiger partial charge in [-0.15, -0.1) is 11.3 Å². The predicted octanol–water partition coefficient (Wildman–Crippen LogP) is 5.22. The molecule has 2 aromatic carbocycles. The summed E-state index contributed by atoms with van der Waals surface area (Å²) in [5.74, 6) is 1.80. The highest BCUT2D eigenvalue weighted by molar-refractivity contribution is 7.09. The molecule has 0 saturated carbocycles. The number of nitrogens with zero attached hydrogens (tertiary/aromatic N) is 2. The quantitative estimate of drug-likeness (QED) is 0.549. The van der Waals surface area contributed by atoms with Crippen LogP contribution in [0, 0.1) is 0 Å². The van der Waals surface area contributed by atoms with Crippen molar-refractivity contribution in [2.45, 2.75) is 31.4 Å². The van der Waals surface area contributed by atoms with Crippen LogP contribution < -0.4 is 14.4 Å². The zero-order valence-corrected chi connectivity index (χ0v) is 19.1. The molecular formula is C26H28N2O3S. The summed E-state index contributed by atoms with van der Waals surface area (Å²) in [6.07, 6.45) is 2.64. The predicted molar refractivity (Wildman–Crippen MR) is 128 cm³/mol. The van der Waals surface area contributed by atoms with Crippen LogP contribution in [0.2, 0.25) is 0 Å². The lowest BCUT2D eigenvalue weighted by molar-refractivity contribution is 0.00239. The number of methoxy groups -OCH3 is 1. The maximum absolute atomic E-state index is 13.0. The number of para-hydroxylation sites is 2. The fraction of sp³-hybridized carbons (Fsp3) is 0.346. The molecule has 0 unspecified atom stereocenters. The third-order valence-corrected chi connectivity index (χ3v) is 7.46. The molecule has 1 fully saturated rings. The van der Waals surface area contributed by atoms with E-state index in [1.165, 1.54) is 4.88 Å². The van der Waals surface area contributed by atoms with Crippen LogP contribution in [-0.4, -0.2) is 43.2 Å². The molecule has 0 atom stereocenters. The Labute approximate surface area is 193 Å². The number of rotatable bonds is 4. The monoisotopic (exact) mass is 448 g/mol. The number of ether oxygens (including phenoxy) is 2. The molecule has 2 aliphatic heterocycles. The van der Waals surface area contributed by atoms with Crippen molar-refractivity contribution in [3.8, 4) is 11.5 Å². The van der Waals surface area contributed by atoms with Crippen LogP contribution in [0.3, 0.4) is 0 Å². The van der Waals surface area contributed by atoms with Gasteiger partial charge in [-0.2, -0.15) is 0 Å². The van der Waals surface area contributed by atoms with Gasteiger partial charge in [-0.3, -0.25) is 4.79 Å². The SMILES string of the molecule is COc1ccc(C(=O)N2CCC3(CC2)CCN(Cc2cccs2)c2ccccc2O3)cc1. The van der Waals surface area contributed by atoms with Crippen molar-refractivity contribution < 1.29 is 14.3 Å². The lowest BCUT2D eigenvalue weighted by atomic mass is 9.87. The number of hydrogen-bond acceptors (Lipinski definition) is 5. The van der Waals surface area contributed by atoms with E-state index in [9.17, 15) is 4.79 Å². The average molecular weight is 449 g/mol. The molecule has 166 valence electrons. The van der Waals surface area contributed by atoms with Gasteiger partial charge in [0, 0.05) is 49.3 Å². The topological polar surface area (TPSA) is 42.0 Å². The Morgan fingerprint density at radius 2 is 1.75 bits per heavy atom. The number of thiophene rings is 1. The fourth-order valence-electron chi connectivity index (χ4n) is 4.69. The Balaban J connectivity index is 1.30. The summed E-state index contributed by atoms with van der Waals surface area (Å²) >= 11 is 1.79. The zero-order chi connectivity index (χ0) is 22.0. The molecule has 6 heteroatoms. The Kier molecular flexibility index (Phi) is 5.79. The smallest absolute Gasteiger partial charge is 0.253 e. The second kappa shape index (κ2) is 8.87. The minimum atomic E-state index is -0.225. The van der Waals surface area contributed by atoms with E-state index >= 15 is 0 Å². The summed E-state index contributed by atoms with van der Waals surface area (Å²) in [6, 6.07) is 20.0. The highest BCUT2D eigenvalue weighted by atomic mass is 32.1. The largest absolute Gasteiger partial charge is 0.497 e. The average Bonchev–Trinajstić information content (AvgIpc) is 3.30. The molecule has 1 saturated heterocycles. The van der Waals surface area contributed by atoms with Gasteiger partial charge in [-0.05, 0) is 47.8 Å². The number of carbonyl (C=O) groups is 1. The van der Waals surface area contributed by atoms with E-state index in [2.05, 4.69) is 40.6 Å². The van der Waals surface area contributed by atoms with Gasteiger partial charge in [-0.25, -0.2) is 0 Å². The Hall–Kier alpha value is -2.99. The molecule has 0 bridgehead atoms. The van der Waals surface area contributed by atoms with Crippen molar-refractivity contribution in [2.75, 3.05) is 31.6 Å². The van der Waals surface area contributed by atoms with Crippen molar-refractivity contribution in [2.24, 2.45) is 0 Å². The maximum atomic E-state index is 13.0. The van der Waals surface area contributed by atoms with Gasteiger partial charge in [0.05, 0.1) is 19.3 Å². The van der Waals surface area contributed by atoms with Crippen LogP contribution in [0.1, 0.15) is 34.5 Å². The summed E-state index contributed by atoms with van der Waals surface area (Å²) in [4.78, 5) is 18.8. The number of hydrogen-bond donors (Lipinski definition) is 0. The number of amides is 1. The Morgan fingerprint density at radius 3 is 2.47 bits per heavy atom. The van der Waals surface area contributed by atoms with Crippen molar-refractivity contribution in [3.05, 3.63) is 76.5 Å². The maximum Gasteiger partial charge on any atom is 0.253 e. The summed E-state index contributed by atoms with van der Waals surface area (Å²) in [5, 5.41) is 2.13. The molecule has 5 nitrogen and oxygen atoms in total. The summed E-state index contributed by atoms with van der Waals surface area (Å²) in [6.45, 7) is 3.26. The molecule has 0 N–H and O–H groups in total. The van der Waals surface area contributed by atoms with Crippen LogP contribution in [0.4, 0.5) is 5.69 Å². The van der Waals surface area contributed by atoms with Gasteiger partial charge in [0.2, 0.25) is 0 Å². The number of benzene rings is 2. The molecule has 0 radical (unpaired) electrons. The lowest BCUT2D eigenvalue weighted by Crippen LogP contribution is -2.50. The van der Waals surface area contributed by atoms with Crippen molar-refractivity contribution in [3.63, 3.8) is 0 Å². The third kappa shape index (κ3) is 4.19. The van der Waals surface area contributed by atoms with Crippen LogP contribution in [0.25, 0.3) is 0 Å². The van der Waals surface area contributed by atoms with Gasteiger partial charge >= 0.3 is 0 Å². The number of likely N-dealkylation sites (tertiary alicyclic amines) is 1. The fourth-order valence-corrected chi connectivity index (χ4v) is 5.41. The van der Waals surface area contributed by atoms with Gasteiger partial charge < -0.3 is 19.3 Å². The van der Waals surface area contributed by atoms with E-state index in [0.717, 1.165) is 49.5 Å². The standard InChI is InChI=1S/C26H28N2O3S/c1-30-21-10-8-20(9-11-21)25(29)27-15-12-26(13-16-27)14-17-28(19-22-5-4-18-32-22)23-6-2-3-7-24(23)31-26/h2-11,18H,12-17,19H2,1H3. The Bertz CT molecular complexity index is 1060. The summed E-state index contributed by atoms with van der Waals surface area (Å²) in [7, 11) is 1.63. The normalized spacial score (nSPS) is 17.4. The molecule has 1 aromatic heterocycles. The molecule has 32 heavy (non-hydrogen) atoms. The van der Waals surface area contributed by atoms with Gasteiger partial charge in [0.1, 0.15) is 17.1 Å². The number of piperidine rings is 1. The van der Waals surface area contributed by atoms with E-state index in [4.69, 9.17) is 9.47 Å². The molecule has 1 spiro atoms. The molecule has 3 aromatic rings. The van der Waals surface area contributed by atoms with Crippen molar-refractivity contribution >= 4 is 22.9 Å². The summed E-state index contributed by atoms with van der Waals surface area (Å²) < 4.78 is 11.9. The first-order chi connectivity index (χ1) is 15.7. The van der Waals surface area contributed by atoms with E-state index in [1.807, 2.05) is 35.2 Å². The van der Waals surface area contributed by atoms with Crippen LogP contribution in [0.15, 0.2) is 66.0 Å². The third-order valence-electron chi connectivity index (χ3n) is 6.60. The minimum Gasteiger partial charge on any atom is -0.497 e. The van der Waals surface area contributed by atoms with E-state index in [1.54, 1.807) is 18.4 Å². The van der Waals surface area contributed by atoms with Gasteiger partial charge in [0.15, 0.2) is 0 Å². The zero-order valence-electron chi connectivity index (χ0n) is 18.3. The molecule has 2 aliphatic rings. The van der Waals surface area contributed by atoms with Crippen LogP contribution in [0.5, 0.6) is 11.5 Å². The molecule has 3 heterocycles. The van der Waals surface area contributed by atoms with Crippen LogP contribution >= 0.6 is 11.3 Å².